The monoisotopic (exact) mass is 329 g/mol. The standard InChI is InChI=1S/C20H27NO3/c1-4-18(13-22)21-12-17-9-6-10-19(23-3)20(17)24-14-16-8-5-7-15(2)11-16/h5-11,18,21-22H,4,12-14H2,1-3H3/t18-/m0/s1. The van der Waals surface area contributed by atoms with Gasteiger partial charge >= 0.3 is 0 Å². The average Bonchev–Trinajstić information content (AvgIpc) is 2.61. The van der Waals surface area contributed by atoms with E-state index in [4.69, 9.17) is 9.47 Å². The van der Waals surface area contributed by atoms with E-state index in [0.29, 0.717) is 13.2 Å². The van der Waals surface area contributed by atoms with Gasteiger partial charge in [-0.3, -0.25) is 0 Å². The molecule has 0 bridgehead atoms. The van der Waals surface area contributed by atoms with Crippen LogP contribution >= 0.6 is 0 Å². The number of aryl methyl sites for hydroxylation is 1. The minimum atomic E-state index is 0.0841. The smallest absolute Gasteiger partial charge is 0.166 e. The molecule has 24 heavy (non-hydrogen) atoms. The number of nitrogens with one attached hydrogen (secondary N) is 1. The van der Waals surface area contributed by atoms with Crippen molar-refractivity contribution in [2.75, 3.05) is 13.7 Å². The van der Waals surface area contributed by atoms with E-state index in [2.05, 4.69) is 37.4 Å². The quantitative estimate of drug-likeness (QED) is 0.740. The van der Waals surface area contributed by atoms with Crippen LogP contribution in [-0.4, -0.2) is 24.9 Å². The summed E-state index contributed by atoms with van der Waals surface area (Å²) in [5.74, 6) is 1.47. The van der Waals surface area contributed by atoms with E-state index in [1.54, 1.807) is 7.11 Å². The Hall–Kier alpha value is -2.04. The lowest BCUT2D eigenvalue weighted by Gasteiger charge is -2.18. The first kappa shape index (κ1) is 18.3. The highest BCUT2D eigenvalue weighted by Crippen LogP contribution is 2.32. The van der Waals surface area contributed by atoms with Gasteiger partial charge in [0.25, 0.3) is 0 Å². The van der Waals surface area contributed by atoms with Gasteiger partial charge in [-0.15, -0.1) is 0 Å². The maximum Gasteiger partial charge on any atom is 0.166 e. The predicted octanol–water partition coefficient (Wildman–Crippen LogP) is 3.44. The van der Waals surface area contributed by atoms with Gasteiger partial charge in [0, 0.05) is 18.2 Å². The molecule has 0 fully saturated rings. The molecule has 0 heterocycles. The van der Waals surface area contributed by atoms with E-state index in [1.807, 2.05) is 24.3 Å². The number of aliphatic hydroxyl groups is 1. The summed E-state index contributed by atoms with van der Waals surface area (Å²) in [6.45, 7) is 5.36. The lowest BCUT2D eigenvalue weighted by atomic mass is 10.1. The van der Waals surface area contributed by atoms with E-state index >= 15 is 0 Å². The van der Waals surface area contributed by atoms with Gasteiger partial charge in [0.2, 0.25) is 0 Å². The van der Waals surface area contributed by atoms with E-state index in [1.165, 1.54) is 5.56 Å². The summed E-state index contributed by atoms with van der Waals surface area (Å²) in [6.07, 6.45) is 0.875. The summed E-state index contributed by atoms with van der Waals surface area (Å²) in [4.78, 5) is 0. The van der Waals surface area contributed by atoms with Crippen molar-refractivity contribution in [3.8, 4) is 11.5 Å². The molecule has 0 unspecified atom stereocenters. The fourth-order valence-electron chi connectivity index (χ4n) is 2.57. The van der Waals surface area contributed by atoms with Crippen LogP contribution in [0.2, 0.25) is 0 Å². The zero-order valence-electron chi connectivity index (χ0n) is 14.7. The maximum absolute atomic E-state index is 9.33. The minimum absolute atomic E-state index is 0.0841. The largest absolute Gasteiger partial charge is 0.493 e. The first-order valence-electron chi connectivity index (χ1n) is 8.36. The molecule has 0 aromatic heterocycles. The molecule has 0 aliphatic rings. The van der Waals surface area contributed by atoms with Gasteiger partial charge < -0.3 is 19.9 Å². The van der Waals surface area contributed by atoms with E-state index in [9.17, 15) is 5.11 Å². The fourth-order valence-corrected chi connectivity index (χ4v) is 2.57. The summed E-state index contributed by atoms with van der Waals surface area (Å²) >= 11 is 0. The summed E-state index contributed by atoms with van der Waals surface area (Å²) < 4.78 is 11.5. The molecular weight excluding hydrogens is 302 g/mol. The number of ether oxygens (including phenoxy) is 2. The molecule has 0 amide bonds. The molecule has 0 aliphatic heterocycles. The SMILES string of the molecule is CC[C@@H](CO)NCc1cccc(OC)c1OCc1cccc(C)c1. The molecule has 4 nitrogen and oxygen atoms in total. The predicted molar refractivity (Wildman–Crippen MR) is 96.5 cm³/mol. The van der Waals surface area contributed by atoms with Crippen LogP contribution in [0.1, 0.15) is 30.0 Å². The van der Waals surface area contributed by atoms with Gasteiger partial charge in [-0.25, -0.2) is 0 Å². The Morgan fingerprint density at radius 2 is 1.96 bits per heavy atom. The van der Waals surface area contributed by atoms with Crippen molar-refractivity contribution in [3.05, 3.63) is 59.2 Å². The third-order valence-corrected chi connectivity index (χ3v) is 4.04. The van der Waals surface area contributed by atoms with Crippen molar-refractivity contribution in [2.45, 2.75) is 39.5 Å². The molecule has 2 aromatic carbocycles. The highest BCUT2D eigenvalue weighted by Gasteiger charge is 2.12. The van der Waals surface area contributed by atoms with Crippen LogP contribution in [0.15, 0.2) is 42.5 Å². The zero-order chi connectivity index (χ0) is 17.4. The lowest BCUT2D eigenvalue weighted by Crippen LogP contribution is -2.31. The van der Waals surface area contributed by atoms with E-state index in [-0.39, 0.29) is 12.6 Å². The Labute approximate surface area is 144 Å². The molecule has 2 N–H and O–H groups in total. The summed E-state index contributed by atoms with van der Waals surface area (Å²) in [5.41, 5.74) is 3.36. The Kier molecular flexibility index (Phi) is 7.09. The molecular formula is C20H27NO3. The first-order valence-corrected chi connectivity index (χ1v) is 8.36. The van der Waals surface area contributed by atoms with Crippen molar-refractivity contribution >= 4 is 0 Å². The van der Waals surface area contributed by atoms with Crippen LogP contribution < -0.4 is 14.8 Å². The van der Waals surface area contributed by atoms with Crippen LogP contribution in [0.3, 0.4) is 0 Å². The highest BCUT2D eigenvalue weighted by molar-refractivity contribution is 5.46. The van der Waals surface area contributed by atoms with Gasteiger partial charge in [0.1, 0.15) is 6.61 Å². The van der Waals surface area contributed by atoms with E-state index < -0.39 is 0 Å². The minimum Gasteiger partial charge on any atom is -0.493 e. The van der Waals surface area contributed by atoms with E-state index in [0.717, 1.165) is 29.0 Å². The molecule has 2 rings (SSSR count). The third-order valence-electron chi connectivity index (χ3n) is 4.04. The topological polar surface area (TPSA) is 50.7 Å². The molecule has 4 heteroatoms. The van der Waals surface area contributed by atoms with Crippen LogP contribution in [0, 0.1) is 6.92 Å². The number of benzene rings is 2. The summed E-state index contributed by atoms with van der Waals surface area (Å²) in [7, 11) is 1.65. The van der Waals surface area contributed by atoms with Crippen molar-refractivity contribution in [2.24, 2.45) is 0 Å². The average molecular weight is 329 g/mol. The number of methoxy groups -OCH3 is 1. The molecule has 2 aromatic rings. The van der Waals surface area contributed by atoms with Crippen molar-refractivity contribution in [1.82, 2.24) is 5.32 Å². The van der Waals surface area contributed by atoms with Crippen LogP contribution in [0.5, 0.6) is 11.5 Å². The number of rotatable bonds is 9. The Morgan fingerprint density at radius 1 is 1.17 bits per heavy atom. The molecule has 0 saturated carbocycles. The second-order valence-corrected chi connectivity index (χ2v) is 5.89. The zero-order valence-corrected chi connectivity index (χ0v) is 14.7. The molecule has 0 aliphatic carbocycles. The molecule has 0 spiro atoms. The van der Waals surface area contributed by atoms with Crippen LogP contribution in [-0.2, 0) is 13.2 Å². The van der Waals surface area contributed by atoms with Gasteiger partial charge in [0.15, 0.2) is 11.5 Å². The van der Waals surface area contributed by atoms with Crippen molar-refractivity contribution < 1.29 is 14.6 Å². The summed E-state index contributed by atoms with van der Waals surface area (Å²) in [5, 5.41) is 12.7. The second-order valence-electron chi connectivity index (χ2n) is 5.89. The highest BCUT2D eigenvalue weighted by atomic mass is 16.5. The first-order chi connectivity index (χ1) is 11.7. The number of hydrogen-bond donors (Lipinski definition) is 2. The molecule has 130 valence electrons. The summed E-state index contributed by atoms with van der Waals surface area (Å²) in [6, 6.07) is 14.2. The molecule has 0 saturated heterocycles. The van der Waals surface area contributed by atoms with Crippen LogP contribution in [0.25, 0.3) is 0 Å². The Balaban J connectivity index is 2.13. The Morgan fingerprint density at radius 3 is 2.62 bits per heavy atom. The second kappa shape index (κ2) is 9.30. The van der Waals surface area contributed by atoms with Gasteiger partial charge in [0.05, 0.1) is 13.7 Å². The maximum atomic E-state index is 9.33. The normalized spacial score (nSPS) is 12.0. The number of hydrogen-bond acceptors (Lipinski definition) is 4. The lowest BCUT2D eigenvalue weighted by molar-refractivity contribution is 0.236. The van der Waals surface area contributed by atoms with Crippen LogP contribution in [0.4, 0.5) is 0 Å². The molecule has 0 radical (unpaired) electrons. The Bertz CT molecular complexity index is 639. The number of aliphatic hydroxyl groups excluding tert-OH is 1. The third kappa shape index (κ3) is 4.98. The van der Waals surface area contributed by atoms with Gasteiger partial charge in [-0.1, -0.05) is 48.9 Å². The van der Waals surface area contributed by atoms with Gasteiger partial charge in [-0.2, -0.15) is 0 Å². The molecule has 1 atom stereocenters. The van der Waals surface area contributed by atoms with Crippen molar-refractivity contribution in [1.29, 1.82) is 0 Å². The number of para-hydroxylation sites is 1. The fraction of sp³-hybridized carbons (Fsp3) is 0.400. The van der Waals surface area contributed by atoms with Crippen molar-refractivity contribution in [3.63, 3.8) is 0 Å². The van der Waals surface area contributed by atoms with Gasteiger partial charge in [-0.05, 0) is 25.0 Å².